The van der Waals surface area contributed by atoms with Crippen molar-refractivity contribution in [1.29, 1.82) is 0 Å². The minimum atomic E-state index is -1.60. The second kappa shape index (κ2) is 27.8. The Morgan fingerprint density at radius 3 is 1.33 bits per heavy atom. The normalized spacial score (nSPS) is 53.0. The van der Waals surface area contributed by atoms with Crippen molar-refractivity contribution >= 4 is 0 Å². The summed E-state index contributed by atoms with van der Waals surface area (Å²) in [5, 5.41) is 75.9. The van der Waals surface area contributed by atoms with E-state index in [1.54, 1.807) is 42.3 Å². The number of allylic oxidation sites excluding steroid dienone is 1. The fraction of sp³-hybridized carbons (Fsp3) is 0.968. The quantitative estimate of drug-likeness (QED) is 0.0915. The van der Waals surface area contributed by atoms with Crippen LogP contribution in [0.2, 0.25) is 0 Å². The van der Waals surface area contributed by atoms with E-state index in [0.717, 1.165) is 25.7 Å². The summed E-state index contributed by atoms with van der Waals surface area (Å²) < 4.78 is 108. The van der Waals surface area contributed by atoms with Gasteiger partial charge in [-0.1, -0.05) is 25.5 Å². The molecule has 0 radical (unpaired) electrons. The molecule has 0 unspecified atom stereocenters. The van der Waals surface area contributed by atoms with Crippen LogP contribution in [0.15, 0.2) is 11.6 Å². The van der Waals surface area contributed by atoms with Gasteiger partial charge in [0.1, 0.15) is 54.9 Å². The van der Waals surface area contributed by atoms with Crippen molar-refractivity contribution in [2.24, 2.45) is 28.6 Å². The molecule has 10 aliphatic rings. The van der Waals surface area contributed by atoms with Gasteiger partial charge in [0.2, 0.25) is 0 Å². The lowest BCUT2D eigenvalue weighted by Crippen LogP contribution is -2.66. The van der Waals surface area contributed by atoms with Crippen LogP contribution >= 0.6 is 0 Å². The van der Waals surface area contributed by atoms with Crippen LogP contribution < -0.4 is 0 Å². The largest absolute Gasteiger partial charge is 0.394 e. The predicted molar refractivity (Wildman–Crippen MR) is 301 cm³/mol. The van der Waals surface area contributed by atoms with E-state index < -0.39 is 171 Å². The summed E-state index contributed by atoms with van der Waals surface area (Å²) in [6.07, 6.45) is -10.2. The Bertz CT molecular complexity index is 2210. The second-order valence-electron chi connectivity index (χ2n) is 27.0. The predicted octanol–water partition coefficient (Wildman–Crippen LogP) is 2.89. The molecule has 24 heteroatoms. The molecule has 3 saturated carbocycles. The lowest BCUT2D eigenvalue weighted by Gasteiger charge is -2.63. The topological polar surface area (TPSA) is 299 Å². The molecule has 34 atom stereocenters. The first-order valence-electron chi connectivity index (χ1n) is 31.9. The molecule has 4 aliphatic carbocycles. The number of fused-ring (bicyclic) bond motifs is 5. The van der Waals surface area contributed by atoms with E-state index in [1.807, 2.05) is 34.6 Å². The summed E-state index contributed by atoms with van der Waals surface area (Å²) >= 11 is 0. The Morgan fingerprint density at radius 1 is 0.523 bits per heavy atom. The number of hydrogen-bond acceptors (Lipinski definition) is 24. The summed E-state index contributed by atoms with van der Waals surface area (Å²) in [7, 11) is 8.09. The van der Waals surface area contributed by atoms with Crippen LogP contribution in [0.5, 0.6) is 0 Å². The zero-order valence-corrected chi connectivity index (χ0v) is 52.7. The first-order valence-corrected chi connectivity index (χ1v) is 31.9. The molecule has 9 fully saturated rings. The molecule has 24 nitrogen and oxygen atoms in total. The molecule has 0 bridgehead atoms. The van der Waals surface area contributed by atoms with Crippen LogP contribution in [0.4, 0.5) is 0 Å². The van der Waals surface area contributed by atoms with E-state index in [4.69, 9.17) is 80.5 Å². The van der Waals surface area contributed by atoms with Gasteiger partial charge in [-0.15, -0.1) is 0 Å². The molecular formula is C62H104O24. The highest BCUT2D eigenvalue weighted by atomic mass is 16.8. The van der Waals surface area contributed by atoms with Crippen molar-refractivity contribution in [3.8, 4) is 0 Å². The number of methoxy groups -OCH3 is 5. The third kappa shape index (κ3) is 12.9. The third-order valence-electron chi connectivity index (χ3n) is 22.3. The first-order chi connectivity index (χ1) is 40.9. The highest BCUT2D eigenvalue weighted by Gasteiger charge is 2.70. The van der Waals surface area contributed by atoms with Crippen molar-refractivity contribution in [2.75, 3.05) is 42.2 Å². The first kappa shape index (κ1) is 67.7. The minimum absolute atomic E-state index is 0.0238. The highest BCUT2D eigenvalue weighted by Crippen LogP contribution is 2.68. The van der Waals surface area contributed by atoms with Gasteiger partial charge in [-0.25, -0.2) is 0 Å². The van der Waals surface area contributed by atoms with Gasteiger partial charge >= 0.3 is 0 Å². The molecule has 0 spiro atoms. The van der Waals surface area contributed by atoms with Crippen LogP contribution in [0.25, 0.3) is 0 Å². The maximum atomic E-state index is 12.5. The van der Waals surface area contributed by atoms with E-state index in [1.165, 1.54) is 12.7 Å². The fourth-order valence-electron chi connectivity index (χ4n) is 17.3. The molecule has 0 aromatic heterocycles. The van der Waals surface area contributed by atoms with Gasteiger partial charge in [0.05, 0.1) is 91.6 Å². The SMILES string of the molecule is CO[C@H]1C[C@H](O[C@@H]2[C@@H](C)O[C@@H](O[C@@H]3[C@@H](C)O[C@@H](O[C@H]4CC[C@@]5(C)C(=CC[C@@H]6[C@@H]5C[C@H](O)[C@]5(C)[C@H]([C@H](C)O)CC[C@]65O)C4)C[C@H]3OC)C[C@H]2OC)O[C@H](C)[C@H]1O[C@H]1C[C@H](OC)[C@H](O[C@H]2C[C@@H](OC)[C@@H](O[C@@H]3O[C@H](CO)[C@@H](O)[C@H](O)[C@H]3O)[C@@H](C)O2)[C@@H](C)O1. The van der Waals surface area contributed by atoms with E-state index >= 15 is 0 Å². The molecule has 496 valence electrons. The molecule has 6 saturated heterocycles. The van der Waals surface area contributed by atoms with Crippen molar-refractivity contribution in [2.45, 2.75) is 310 Å². The van der Waals surface area contributed by atoms with Gasteiger partial charge in [-0.3, -0.25) is 0 Å². The number of aliphatic hydroxyl groups is 7. The van der Waals surface area contributed by atoms with Crippen LogP contribution in [-0.2, 0) is 80.5 Å². The summed E-state index contributed by atoms with van der Waals surface area (Å²) in [6, 6.07) is 0. The zero-order valence-electron chi connectivity index (χ0n) is 52.7. The number of ether oxygens (including phenoxy) is 17. The fourth-order valence-corrected chi connectivity index (χ4v) is 17.3. The van der Waals surface area contributed by atoms with Gasteiger partial charge in [0, 0.05) is 73.1 Å². The van der Waals surface area contributed by atoms with Crippen LogP contribution in [-0.4, -0.2) is 256 Å². The average molecular weight is 1230 g/mol. The van der Waals surface area contributed by atoms with Crippen LogP contribution in [0.1, 0.15) is 132 Å². The molecule has 0 amide bonds. The highest BCUT2D eigenvalue weighted by molar-refractivity contribution is 5.29. The minimum Gasteiger partial charge on any atom is -0.394 e. The Labute approximate surface area is 507 Å². The molecule has 6 aliphatic heterocycles. The lowest BCUT2D eigenvalue weighted by atomic mass is 9.45. The number of hydrogen-bond donors (Lipinski definition) is 7. The van der Waals surface area contributed by atoms with Gasteiger partial charge in [0.15, 0.2) is 37.7 Å². The molecule has 0 aromatic carbocycles. The van der Waals surface area contributed by atoms with Crippen LogP contribution in [0.3, 0.4) is 0 Å². The van der Waals surface area contributed by atoms with Gasteiger partial charge in [0.25, 0.3) is 0 Å². The third-order valence-corrected chi connectivity index (χ3v) is 22.3. The average Bonchev–Trinajstić information content (AvgIpc) is 1.38. The number of aliphatic hydroxyl groups excluding tert-OH is 6. The summed E-state index contributed by atoms with van der Waals surface area (Å²) in [5.41, 5.74) is -0.610. The molecule has 10 rings (SSSR count). The monoisotopic (exact) mass is 1230 g/mol. The van der Waals surface area contributed by atoms with E-state index in [-0.39, 0.29) is 47.9 Å². The molecule has 7 N–H and O–H groups in total. The van der Waals surface area contributed by atoms with Gasteiger partial charge < -0.3 is 116 Å². The molecule has 0 aromatic rings. The van der Waals surface area contributed by atoms with Crippen molar-refractivity contribution in [1.82, 2.24) is 0 Å². The van der Waals surface area contributed by atoms with Crippen molar-refractivity contribution in [3.05, 3.63) is 11.6 Å². The van der Waals surface area contributed by atoms with E-state index in [2.05, 4.69) is 13.0 Å². The standard InChI is InChI=1S/C62H104O24/c1-28(64)36-17-19-62(69)37-15-14-34-20-35(16-18-60(34,7)38(37)21-45(65)61(36,62)8)80-46-22-39(70-9)54(29(2)75-46)82-47-23-40(71-10)55(30(3)76-47)83-48-24-41(72-11)56(31(4)77-48)84-49-25-42(73-12)57(32(5)78-49)85-50-26-43(74-13)58(33(6)79-50)86-59-53(68)52(67)51(66)44(27-63)81-59/h14,28-33,35-59,63-69H,15-27H2,1-13H3/t28-,29+,30+,31+,32+,33+,35-,36-,37+,38-,39+,40+,41-,42-,43+,44+,45-,46-,47-,48-,49-,50-,51+,52-,53+,54+,55+,56+,57+,58-,59-,60-,61-,62-/m0/s1. The lowest BCUT2D eigenvalue weighted by molar-refractivity contribution is -0.360. The maximum absolute atomic E-state index is 12.5. The Balaban J connectivity index is 0.680. The summed E-state index contributed by atoms with van der Waals surface area (Å²) in [5.74, 6) is 0.0163. The Morgan fingerprint density at radius 2 is 0.930 bits per heavy atom. The van der Waals surface area contributed by atoms with Gasteiger partial charge in [-0.2, -0.15) is 0 Å². The van der Waals surface area contributed by atoms with Crippen LogP contribution in [0, 0.1) is 28.6 Å². The van der Waals surface area contributed by atoms with Gasteiger partial charge in [-0.05, 0) is 110 Å². The van der Waals surface area contributed by atoms with E-state index in [0.29, 0.717) is 44.9 Å². The molecular weight excluding hydrogens is 1130 g/mol. The molecule has 6 heterocycles. The Kier molecular flexibility index (Phi) is 21.8. The van der Waals surface area contributed by atoms with Crippen molar-refractivity contribution < 1.29 is 116 Å². The number of rotatable bonds is 19. The Hall–Kier alpha value is -1.22. The smallest absolute Gasteiger partial charge is 0.187 e. The molecule has 86 heavy (non-hydrogen) atoms. The maximum Gasteiger partial charge on any atom is 0.187 e. The summed E-state index contributed by atoms with van der Waals surface area (Å²) in [6.45, 7) is 15.0. The van der Waals surface area contributed by atoms with E-state index in [9.17, 15) is 35.7 Å². The second-order valence-corrected chi connectivity index (χ2v) is 27.0. The zero-order chi connectivity index (χ0) is 61.9. The summed E-state index contributed by atoms with van der Waals surface area (Å²) in [4.78, 5) is 0. The van der Waals surface area contributed by atoms with Crippen molar-refractivity contribution in [3.63, 3.8) is 0 Å².